The van der Waals surface area contributed by atoms with Gasteiger partial charge in [0.1, 0.15) is 5.82 Å². The zero-order valence-corrected chi connectivity index (χ0v) is 11.3. The van der Waals surface area contributed by atoms with E-state index in [9.17, 15) is 0 Å². The standard InChI is InChI=1S/C14H20N4/c1-14(2,3)10-5-7-11(8-6-10)17-13-12(15-4)9-16-18-13/h5-9,15H,1-4H3,(H2,16,17,18). The molecule has 0 spiro atoms. The van der Waals surface area contributed by atoms with Gasteiger partial charge in [-0.2, -0.15) is 5.10 Å². The van der Waals surface area contributed by atoms with E-state index >= 15 is 0 Å². The first kappa shape index (κ1) is 12.5. The van der Waals surface area contributed by atoms with Gasteiger partial charge >= 0.3 is 0 Å². The molecule has 0 saturated heterocycles. The van der Waals surface area contributed by atoms with Crippen molar-refractivity contribution in [1.29, 1.82) is 0 Å². The van der Waals surface area contributed by atoms with E-state index in [1.54, 1.807) is 6.20 Å². The number of nitrogens with zero attached hydrogens (tertiary/aromatic N) is 1. The molecule has 0 bridgehead atoms. The zero-order valence-electron chi connectivity index (χ0n) is 11.3. The van der Waals surface area contributed by atoms with Crippen LogP contribution in [0.25, 0.3) is 0 Å². The normalized spacial score (nSPS) is 11.3. The lowest BCUT2D eigenvalue weighted by Gasteiger charge is -2.19. The van der Waals surface area contributed by atoms with E-state index in [1.165, 1.54) is 5.56 Å². The Labute approximate surface area is 108 Å². The minimum Gasteiger partial charge on any atom is -0.384 e. The fraction of sp³-hybridized carbons (Fsp3) is 0.357. The second-order valence-corrected chi connectivity index (χ2v) is 5.36. The maximum Gasteiger partial charge on any atom is 0.149 e. The molecule has 18 heavy (non-hydrogen) atoms. The molecule has 1 heterocycles. The molecule has 2 aromatic rings. The van der Waals surface area contributed by atoms with E-state index in [1.807, 2.05) is 7.05 Å². The van der Waals surface area contributed by atoms with Gasteiger partial charge in [0.15, 0.2) is 0 Å². The van der Waals surface area contributed by atoms with Crippen LogP contribution in [0, 0.1) is 0 Å². The second kappa shape index (κ2) is 4.72. The summed E-state index contributed by atoms with van der Waals surface area (Å²) in [7, 11) is 1.87. The van der Waals surface area contributed by atoms with Gasteiger partial charge in [-0.1, -0.05) is 32.9 Å². The summed E-state index contributed by atoms with van der Waals surface area (Å²) in [5.74, 6) is 0.876. The number of anilines is 3. The van der Waals surface area contributed by atoms with Crippen molar-refractivity contribution in [2.75, 3.05) is 17.7 Å². The summed E-state index contributed by atoms with van der Waals surface area (Å²) in [6, 6.07) is 8.47. The van der Waals surface area contributed by atoms with E-state index in [0.29, 0.717) is 0 Å². The number of benzene rings is 1. The van der Waals surface area contributed by atoms with Gasteiger partial charge in [-0.25, -0.2) is 0 Å². The molecule has 96 valence electrons. The van der Waals surface area contributed by atoms with Crippen LogP contribution < -0.4 is 10.6 Å². The highest BCUT2D eigenvalue weighted by atomic mass is 15.2. The minimum atomic E-state index is 0.183. The number of nitrogens with one attached hydrogen (secondary N) is 3. The molecule has 4 nitrogen and oxygen atoms in total. The third kappa shape index (κ3) is 2.64. The summed E-state index contributed by atoms with van der Waals surface area (Å²) in [6.07, 6.45) is 1.76. The Balaban J connectivity index is 2.16. The number of aromatic nitrogens is 2. The van der Waals surface area contributed by atoms with Crippen molar-refractivity contribution in [3.63, 3.8) is 0 Å². The molecule has 3 N–H and O–H groups in total. The summed E-state index contributed by atoms with van der Waals surface area (Å²) >= 11 is 0. The van der Waals surface area contributed by atoms with Gasteiger partial charge in [-0.05, 0) is 23.1 Å². The summed E-state index contributed by atoms with van der Waals surface area (Å²) < 4.78 is 0. The number of hydrogen-bond donors (Lipinski definition) is 3. The molecule has 0 aliphatic heterocycles. The summed E-state index contributed by atoms with van der Waals surface area (Å²) in [5, 5.41) is 13.3. The molecule has 4 heteroatoms. The third-order valence-electron chi connectivity index (χ3n) is 2.93. The Morgan fingerprint density at radius 1 is 1.11 bits per heavy atom. The quantitative estimate of drug-likeness (QED) is 0.774. The monoisotopic (exact) mass is 244 g/mol. The smallest absolute Gasteiger partial charge is 0.149 e. The summed E-state index contributed by atoms with van der Waals surface area (Å²) in [6.45, 7) is 6.64. The molecule has 2 rings (SSSR count). The minimum absolute atomic E-state index is 0.183. The van der Waals surface area contributed by atoms with Crippen LogP contribution >= 0.6 is 0 Å². The SMILES string of the molecule is CNc1cn[nH]c1Nc1ccc(C(C)(C)C)cc1. The fourth-order valence-corrected chi connectivity index (χ4v) is 1.77. The van der Waals surface area contributed by atoms with Crippen LogP contribution in [-0.2, 0) is 5.41 Å². The van der Waals surface area contributed by atoms with Gasteiger partial charge in [-0.15, -0.1) is 0 Å². The Morgan fingerprint density at radius 2 is 1.78 bits per heavy atom. The molecule has 0 amide bonds. The van der Waals surface area contributed by atoms with Gasteiger partial charge in [0, 0.05) is 12.7 Å². The summed E-state index contributed by atoms with van der Waals surface area (Å²) in [4.78, 5) is 0. The van der Waals surface area contributed by atoms with Crippen LogP contribution in [-0.4, -0.2) is 17.2 Å². The maximum atomic E-state index is 4.00. The van der Waals surface area contributed by atoms with E-state index in [2.05, 4.69) is 65.9 Å². The van der Waals surface area contributed by atoms with Crippen LogP contribution in [0.1, 0.15) is 26.3 Å². The number of H-pyrrole nitrogens is 1. The number of rotatable bonds is 3. The largest absolute Gasteiger partial charge is 0.384 e. The third-order valence-corrected chi connectivity index (χ3v) is 2.93. The van der Waals surface area contributed by atoms with Crippen LogP contribution in [0.4, 0.5) is 17.2 Å². The van der Waals surface area contributed by atoms with Crippen molar-refractivity contribution in [3.05, 3.63) is 36.0 Å². The number of aromatic amines is 1. The molecule has 1 aromatic carbocycles. The molecule has 0 atom stereocenters. The fourth-order valence-electron chi connectivity index (χ4n) is 1.77. The van der Waals surface area contributed by atoms with Crippen LogP contribution in [0.3, 0.4) is 0 Å². The van der Waals surface area contributed by atoms with E-state index < -0.39 is 0 Å². The maximum absolute atomic E-state index is 4.00. The van der Waals surface area contributed by atoms with Gasteiger partial charge in [-0.3, -0.25) is 5.10 Å². The van der Waals surface area contributed by atoms with Gasteiger partial charge in [0.25, 0.3) is 0 Å². The highest BCUT2D eigenvalue weighted by Gasteiger charge is 2.13. The van der Waals surface area contributed by atoms with Crippen molar-refractivity contribution in [2.45, 2.75) is 26.2 Å². The van der Waals surface area contributed by atoms with Crippen molar-refractivity contribution in [3.8, 4) is 0 Å². The Morgan fingerprint density at radius 3 is 2.33 bits per heavy atom. The lowest BCUT2D eigenvalue weighted by Crippen LogP contribution is -2.10. The molecular weight excluding hydrogens is 224 g/mol. The Hall–Kier alpha value is -1.97. The lowest BCUT2D eigenvalue weighted by molar-refractivity contribution is 0.590. The van der Waals surface area contributed by atoms with E-state index in [4.69, 9.17) is 0 Å². The predicted octanol–water partition coefficient (Wildman–Crippen LogP) is 3.49. The van der Waals surface area contributed by atoms with E-state index in [-0.39, 0.29) is 5.41 Å². The van der Waals surface area contributed by atoms with Crippen molar-refractivity contribution >= 4 is 17.2 Å². The van der Waals surface area contributed by atoms with Crippen LogP contribution in [0.5, 0.6) is 0 Å². The molecule has 0 fully saturated rings. The first-order valence-corrected chi connectivity index (χ1v) is 6.09. The molecule has 0 saturated carbocycles. The summed E-state index contributed by atoms with van der Waals surface area (Å²) in [5.41, 5.74) is 3.51. The Bertz CT molecular complexity index is 505. The van der Waals surface area contributed by atoms with Gasteiger partial charge in [0.05, 0.1) is 11.9 Å². The highest BCUT2D eigenvalue weighted by molar-refractivity contribution is 5.69. The second-order valence-electron chi connectivity index (χ2n) is 5.36. The lowest BCUT2D eigenvalue weighted by atomic mass is 9.87. The highest BCUT2D eigenvalue weighted by Crippen LogP contribution is 2.26. The van der Waals surface area contributed by atoms with E-state index in [0.717, 1.165) is 17.2 Å². The first-order valence-electron chi connectivity index (χ1n) is 6.09. The molecule has 0 unspecified atom stereocenters. The average Bonchev–Trinajstić information content (AvgIpc) is 2.76. The molecular formula is C14H20N4. The topological polar surface area (TPSA) is 52.7 Å². The molecule has 0 radical (unpaired) electrons. The molecule has 0 aliphatic carbocycles. The van der Waals surface area contributed by atoms with Crippen LogP contribution in [0.2, 0.25) is 0 Å². The van der Waals surface area contributed by atoms with Crippen molar-refractivity contribution < 1.29 is 0 Å². The first-order chi connectivity index (χ1) is 8.50. The van der Waals surface area contributed by atoms with Gasteiger partial charge in [0.2, 0.25) is 0 Å². The van der Waals surface area contributed by atoms with Crippen LogP contribution in [0.15, 0.2) is 30.5 Å². The Kier molecular flexibility index (Phi) is 3.28. The number of hydrogen-bond acceptors (Lipinski definition) is 3. The van der Waals surface area contributed by atoms with Crippen molar-refractivity contribution in [1.82, 2.24) is 10.2 Å². The van der Waals surface area contributed by atoms with Crippen molar-refractivity contribution in [2.24, 2.45) is 0 Å². The molecule has 0 aliphatic rings. The molecule has 1 aromatic heterocycles. The van der Waals surface area contributed by atoms with Gasteiger partial charge < -0.3 is 10.6 Å². The predicted molar refractivity (Wildman–Crippen MR) is 76.6 cm³/mol. The zero-order chi connectivity index (χ0) is 13.2. The average molecular weight is 244 g/mol.